The van der Waals surface area contributed by atoms with Gasteiger partial charge in [0.05, 0.1) is 52.9 Å². The maximum Gasteiger partial charge on any atom is 0.0701 e. The molecule has 5 heteroatoms. The summed E-state index contributed by atoms with van der Waals surface area (Å²) < 4.78 is 27.6. The van der Waals surface area contributed by atoms with Gasteiger partial charge in [-0.15, -0.1) is 0 Å². The van der Waals surface area contributed by atoms with E-state index in [9.17, 15) is 0 Å². The molecule has 0 N–H and O–H groups in total. The number of rotatable bonds is 24. The second kappa shape index (κ2) is 24.8. The smallest absolute Gasteiger partial charge is 0.0701 e. The summed E-state index contributed by atoms with van der Waals surface area (Å²) in [4.78, 5) is 0. The molecule has 0 fully saturated rings. The van der Waals surface area contributed by atoms with Crippen molar-refractivity contribution in [1.29, 1.82) is 0 Å². The van der Waals surface area contributed by atoms with E-state index in [0.29, 0.717) is 58.8 Å². The highest BCUT2D eigenvalue weighted by Gasteiger charge is 1.98. The van der Waals surface area contributed by atoms with Gasteiger partial charge in [0.25, 0.3) is 0 Å². The number of hydrogen-bond acceptors (Lipinski definition) is 5. The maximum atomic E-state index is 5.59. The summed E-state index contributed by atoms with van der Waals surface area (Å²) in [5.74, 6) is 0.624. The highest BCUT2D eigenvalue weighted by Crippen LogP contribution is 2.08. The summed E-state index contributed by atoms with van der Waals surface area (Å²) in [6.07, 6.45) is 11.8. The second-order valence-electron chi connectivity index (χ2n) is 7.51. The lowest BCUT2D eigenvalue weighted by atomic mass is 10.1. The quantitative estimate of drug-likeness (QED) is 0.205. The third-order valence-electron chi connectivity index (χ3n) is 4.73. The van der Waals surface area contributed by atoms with E-state index in [-0.39, 0.29) is 0 Å². The van der Waals surface area contributed by atoms with E-state index in [4.69, 9.17) is 23.7 Å². The molecule has 0 aliphatic rings. The van der Waals surface area contributed by atoms with Gasteiger partial charge in [-0.3, -0.25) is 0 Å². The van der Waals surface area contributed by atoms with Crippen LogP contribution in [0.5, 0.6) is 0 Å². The van der Waals surface area contributed by atoms with Crippen molar-refractivity contribution in [3.63, 3.8) is 0 Å². The fourth-order valence-corrected chi connectivity index (χ4v) is 2.62. The van der Waals surface area contributed by atoms with E-state index >= 15 is 0 Å². The van der Waals surface area contributed by atoms with Crippen LogP contribution < -0.4 is 0 Å². The molecule has 0 aliphatic heterocycles. The van der Waals surface area contributed by atoms with Crippen molar-refractivity contribution in [2.45, 2.75) is 78.6 Å². The third kappa shape index (κ3) is 23.8. The molecule has 28 heavy (non-hydrogen) atoms. The van der Waals surface area contributed by atoms with Crippen LogP contribution in [0.25, 0.3) is 0 Å². The molecular formula is C23H48O5. The van der Waals surface area contributed by atoms with Gasteiger partial charge in [0.15, 0.2) is 0 Å². The SMILES string of the molecule is CCCCCCCCCCOCCOCCOCCOCCOCC(C)CC. The Hall–Kier alpha value is -0.200. The molecule has 1 atom stereocenters. The first-order chi connectivity index (χ1) is 13.8. The van der Waals surface area contributed by atoms with Gasteiger partial charge in [0, 0.05) is 13.2 Å². The third-order valence-corrected chi connectivity index (χ3v) is 4.73. The fraction of sp³-hybridized carbons (Fsp3) is 1.00. The molecule has 0 aromatic carbocycles. The highest BCUT2D eigenvalue weighted by molar-refractivity contribution is 4.47. The molecule has 0 saturated heterocycles. The van der Waals surface area contributed by atoms with E-state index in [1.54, 1.807) is 0 Å². The Morgan fingerprint density at radius 3 is 1.32 bits per heavy atom. The van der Waals surface area contributed by atoms with Gasteiger partial charge >= 0.3 is 0 Å². The van der Waals surface area contributed by atoms with Crippen LogP contribution in [0.4, 0.5) is 0 Å². The topological polar surface area (TPSA) is 46.2 Å². The summed E-state index contributed by atoms with van der Waals surface area (Å²) in [5, 5.41) is 0. The van der Waals surface area contributed by atoms with Gasteiger partial charge in [-0.1, -0.05) is 72.1 Å². The van der Waals surface area contributed by atoms with Gasteiger partial charge in [0.1, 0.15) is 0 Å². The van der Waals surface area contributed by atoms with Crippen molar-refractivity contribution in [3.05, 3.63) is 0 Å². The number of ether oxygens (including phenoxy) is 5. The van der Waals surface area contributed by atoms with Crippen LogP contribution in [0.2, 0.25) is 0 Å². The van der Waals surface area contributed by atoms with Crippen LogP contribution >= 0.6 is 0 Å². The van der Waals surface area contributed by atoms with Crippen molar-refractivity contribution in [3.8, 4) is 0 Å². The lowest BCUT2D eigenvalue weighted by Crippen LogP contribution is -2.14. The van der Waals surface area contributed by atoms with Gasteiger partial charge in [-0.25, -0.2) is 0 Å². The lowest BCUT2D eigenvalue weighted by molar-refractivity contribution is -0.0133. The molecule has 170 valence electrons. The average Bonchev–Trinajstić information content (AvgIpc) is 2.71. The molecule has 0 amide bonds. The normalized spacial score (nSPS) is 12.5. The Kier molecular flexibility index (Phi) is 24.7. The summed E-state index contributed by atoms with van der Waals surface area (Å²) >= 11 is 0. The predicted molar refractivity (Wildman–Crippen MR) is 116 cm³/mol. The van der Waals surface area contributed by atoms with Crippen molar-refractivity contribution < 1.29 is 23.7 Å². The summed E-state index contributed by atoms with van der Waals surface area (Å²) in [7, 11) is 0. The van der Waals surface area contributed by atoms with Crippen LogP contribution in [0, 0.1) is 5.92 Å². The van der Waals surface area contributed by atoms with E-state index < -0.39 is 0 Å². The van der Waals surface area contributed by atoms with Gasteiger partial charge in [-0.2, -0.15) is 0 Å². The van der Waals surface area contributed by atoms with Crippen LogP contribution in [0.15, 0.2) is 0 Å². The van der Waals surface area contributed by atoms with Gasteiger partial charge in [0.2, 0.25) is 0 Å². The molecule has 0 heterocycles. The van der Waals surface area contributed by atoms with Crippen LogP contribution in [-0.2, 0) is 23.7 Å². The molecule has 0 aromatic rings. The Balaban J connectivity index is 3.00. The van der Waals surface area contributed by atoms with Crippen molar-refractivity contribution in [2.24, 2.45) is 5.92 Å². The lowest BCUT2D eigenvalue weighted by Gasteiger charge is -2.10. The molecule has 0 aliphatic carbocycles. The van der Waals surface area contributed by atoms with E-state index in [0.717, 1.165) is 19.6 Å². The van der Waals surface area contributed by atoms with E-state index in [2.05, 4.69) is 20.8 Å². The number of unbranched alkanes of at least 4 members (excludes halogenated alkanes) is 7. The minimum Gasteiger partial charge on any atom is -0.379 e. The van der Waals surface area contributed by atoms with Crippen LogP contribution in [-0.4, -0.2) is 66.1 Å². The van der Waals surface area contributed by atoms with Gasteiger partial charge < -0.3 is 23.7 Å². The minimum atomic E-state index is 0.601. The Labute approximate surface area is 174 Å². The van der Waals surface area contributed by atoms with E-state index in [1.807, 2.05) is 0 Å². The molecule has 0 bridgehead atoms. The fourth-order valence-electron chi connectivity index (χ4n) is 2.62. The summed E-state index contributed by atoms with van der Waals surface area (Å²) in [6.45, 7) is 13.3. The van der Waals surface area contributed by atoms with Gasteiger partial charge in [-0.05, 0) is 12.3 Å². The zero-order valence-electron chi connectivity index (χ0n) is 19.1. The molecule has 0 aromatic heterocycles. The zero-order valence-corrected chi connectivity index (χ0v) is 19.1. The first-order valence-corrected chi connectivity index (χ1v) is 11.7. The molecule has 0 saturated carbocycles. The molecule has 0 radical (unpaired) electrons. The zero-order chi connectivity index (χ0) is 20.5. The summed E-state index contributed by atoms with van der Waals surface area (Å²) in [5.41, 5.74) is 0. The molecular weight excluding hydrogens is 356 g/mol. The molecule has 0 spiro atoms. The minimum absolute atomic E-state index is 0.601. The van der Waals surface area contributed by atoms with Crippen LogP contribution in [0.3, 0.4) is 0 Å². The van der Waals surface area contributed by atoms with Crippen molar-refractivity contribution in [1.82, 2.24) is 0 Å². The molecule has 0 rings (SSSR count). The standard InChI is InChI=1S/C23H48O5/c1-4-6-7-8-9-10-11-12-13-24-14-15-25-16-17-26-18-19-27-20-21-28-22-23(3)5-2/h23H,4-22H2,1-3H3. The van der Waals surface area contributed by atoms with Crippen LogP contribution in [0.1, 0.15) is 78.6 Å². The number of hydrogen-bond donors (Lipinski definition) is 0. The second-order valence-corrected chi connectivity index (χ2v) is 7.51. The average molecular weight is 405 g/mol. The van der Waals surface area contributed by atoms with Crippen molar-refractivity contribution in [2.75, 3.05) is 66.1 Å². The Morgan fingerprint density at radius 1 is 0.464 bits per heavy atom. The molecule has 5 nitrogen and oxygen atoms in total. The maximum absolute atomic E-state index is 5.59. The first kappa shape index (κ1) is 27.8. The predicted octanol–water partition coefficient (Wildman–Crippen LogP) is 5.26. The Bertz CT molecular complexity index is 276. The van der Waals surface area contributed by atoms with Crippen molar-refractivity contribution >= 4 is 0 Å². The summed E-state index contributed by atoms with van der Waals surface area (Å²) in [6, 6.07) is 0. The monoisotopic (exact) mass is 404 g/mol. The largest absolute Gasteiger partial charge is 0.379 e. The first-order valence-electron chi connectivity index (χ1n) is 11.7. The highest BCUT2D eigenvalue weighted by atomic mass is 16.6. The Morgan fingerprint density at radius 2 is 0.857 bits per heavy atom. The van der Waals surface area contributed by atoms with E-state index in [1.165, 1.54) is 51.4 Å². The molecule has 1 unspecified atom stereocenters.